The highest BCUT2D eigenvalue weighted by Crippen LogP contribution is 2.41. The molecule has 6 N–H and O–H groups in total. The average Bonchev–Trinajstić information content (AvgIpc) is 3.32. The van der Waals surface area contributed by atoms with Crippen LogP contribution in [-0.2, 0) is 6.18 Å². The maximum Gasteiger partial charge on any atom is 0.416 e. The fourth-order valence-electron chi connectivity index (χ4n) is 4.92. The van der Waals surface area contributed by atoms with E-state index in [1.54, 1.807) is 24.5 Å². The molecule has 0 unspecified atom stereocenters. The molecular formula is C27H21F3N8O3. The number of nitrogens with two attached hydrogens (primary N) is 2. The standard InChI is InChI=1S/C27H21F3N8O3/c28-27(29,30)15-5-6-33-17(11-15)36-26(41)13-3-1-12(2-4-13)19-21-24(32)34-7-8-38(21)25(37-19)14-9-16(10-14)35-20-18(31)22(39)23(20)40/h1-8,11,14,16,35H,9-10,31H2,(H2,32,34)(H,33,36,41)/t14-,16-. The Morgan fingerprint density at radius 2 is 1.73 bits per heavy atom. The minimum atomic E-state index is -4.56. The fourth-order valence-corrected chi connectivity index (χ4v) is 4.92. The largest absolute Gasteiger partial charge is 0.416 e. The molecule has 5 aromatic rings. The van der Waals surface area contributed by atoms with Gasteiger partial charge in [0, 0.05) is 41.7 Å². The molecule has 6 rings (SSSR count). The second-order valence-corrected chi connectivity index (χ2v) is 9.77. The predicted molar refractivity (Wildman–Crippen MR) is 145 cm³/mol. The van der Waals surface area contributed by atoms with Crippen LogP contribution in [0.1, 0.15) is 40.5 Å². The summed E-state index contributed by atoms with van der Waals surface area (Å²) >= 11 is 0. The van der Waals surface area contributed by atoms with Crippen molar-refractivity contribution in [2.24, 2.45) is 0 Å². The lowest BCUT2D eigenvalue weighted by Crippen LogP contribution is -2.43. The number of anilines is 4. The summed E-state index contributed by atoms with van der Waals surface area (Å²) in [7, 11) is 0. The van der Waals surface area contributed by atoms with Gasteiger partial charge in [-0.1, -0.05) is 12.1 Å². The molecule has 2 aromatic carbocycles. The number of carbonyl (C=O) groups excluding carboxylic acids is 1. The van der Waals surface area contributed by atoms with Crippen molar-refractivity contribution in [1.29, 1.82) is 0 Å². The highest BCUT2D eigenvalue weighted by Gasteiger charge is 2.36. The van der Waals surface area contributed by atoms with Crippen LogP contribution < -0.4 is 33.0 Å². The Balaban J connectivity index is 1.22. The second kappa shape index (κ2) is 9.43. The molecule has 1 amide bonds. The Morgan fingerprint density at radius 3 is 2.41 bits per heavy atom. The van der Waals surface area contributed by atoms with Crippen molar-refractivity contribution in [3.63, 3.8) is 0 Å². The van der Waals surface area contributed by atoms with Gasteiger partial charge in [-0.15, -0.1) is 0 Å². The normalized spacial score (nSPS) is 17.0. The number of aromatic nitrogens is 4. The van der Waals surface area contributed by atoms with Gasteiger partial charge < -0.3 is 22.1 Å². The van der Waals surface area contributed by atoms with Crippen LogP contribution >= 0.6 is 0 Å². The molecule has 1 saturated carbocycles. The first-order valence-electron chi connectivity index (χ1n) is 12.4. The number of carbonyl (C=O) groups is 1. The summed E-state index contributed by atoms with van der Waals surface area (Å²) in [5.74, 6) is 0.156. The number of fused-ring (bicyclic) bond motifs is 1. The fraction of sp³-hybridized carbons (Fsp3) is 0.185. The topological polar surface area (TPSA) is 170 Å². The molecule has 0 radical (unpaired) electrons. The number of nitrogens with zero attached hydrogens (tertiary/aromatic N) is 4. The highest BCUT2D eigenvalue weighted by atomic mass is 19.4. The molecule has 0 aliphatic heterocycles. The van der Waals surface area contributed by atoms with Gasteiger partial charge in [0.25, 0.3) is 16.8 Å². The number of imidazole rings is 1. The summed E-state index contributed by atoms with van der Waals surface area (Å²) in [4.78, 5) is 48.6. The molecule has 1 aliphatic carbocycles. The predicted octanol–water partition coefficient (Wildman–Crippen LogP) is 3.18. The number of rotatable bonds is 6. The zero-order chi connectivity index (χ0) is 29.1. The number of alkyl halides is 3. The molecule has 11 nitrogen and oxygen atoms in total. The molecule has 3 aromatic heterocycles. The number of pyridine rings is 1. The third-order valence-electron chi connectivity index (χ3n) is 7.16. The van der Waals surface area contributed by atoms with E-state index in [4.69, 9.17) is 16.5 Å². The number of amides is 1. The van der Waals surface area contributed by atoms with E-state index in [2.05, 4.69) is 20.6 Å². The molecule has 3 heterocycles. The van der Waals surface area contributed by atoms with Gasteiger partial charge in [0.1, 0.15) is 40.0 Å². The van der Waals surface area contributed by atoms with Gasteiger partial charge in [-0.3, -0.25) is 18.8 Å². The summed E-state index contributed by atoms with van der Waals surface area (Å²) in [6.07, 6.45) is 0.999. The van der Waals surface area contributed by atoms with Crippen molar-refractivity contribution < 1.29 is 18.0 Å². The first-order valence-corrected chi connectivity index (χ1v) is 12.4. The van der Waals surface area contributed by atoms with Crippen LogP contribution in [0.2, 0.25) is 0 Å². The Morgan fingerprint density at radius 1 is 1.00 bits per heavy atom. The van der Waals surface area contributed by atoms with E-state index in [0.717, 1.165) is 24.2 Å². The average molecular weight is 563 g/mol. The Labute approximate surface area is 228 Å². The third-order valence-corrected chi connectivity index (χ3v) is 7.16. The SMILES string of the molecule is Nc1c(N[C@H]2C[C@H](c3nc(-c4ccc(C(=O)Nc5cc(C(F)(F)F)ccn5)cc4)c4c(N)nccn43)C2)c(=O)c1=O. The van der Waals surface area contributed by atoms with E-state index < -0.39 is 28.5 Å². The molecule has 0 atom stereocenters. The van der Waals surface area contributed by atoms with Crippen molar-refractivity contribution in [3.05, 3.63) is 92.4 Å². The minimum absolute atomic E-state index is 0.0215. The van der Waals surface area contributed by atoms with Crippen LogP contribution in [0.4, 0.5) is 36.2 Å². The molecule has 0 spiro atoms. The first-order chi connectivity index (χ1) is 19.5. The van der Waals surface area contributed by atoms with Crippen molar-refractivity contribution >= 4 is 34.4 Å². The maximum absolute atomic E-state index is 13.0. The zero-order valence-electron chi connectivity index (χ0n) is 21.1. The maximum atomic E-state index is 13.0. The smallest absolute Gasteiger partial charge is 0.394 e. The van der Waals surface area contributed by atoms with Crippen LogP contribution in [0.25, 0.3) is 16.8 Å². The third kappa shape index (κ3) is 4.52. The molecule has 1 fully saturated rings. The van der Waals surface area contributed by atoms with Gasteiger partial charge in [0.15, 0.2) is 0 Å². The van der Waals surface area contributed by atoms with E-state index in [9.17, 15) is 27.6 Å². The lowest BCUT2D eigenvalue weighted by molar-refractivity contribution is -0.137. The minimum Gasteiger partial charge on any atom is -0.394 e. The Kier molecular flexibility index (Phi) is 5.98. The monoisotopic (exact) mass is 562 g/mol. The van der Waals surface area contributed by atoms with E-state index in [1.807, 2.05) is 4.40 Å². The van der Waals surface area contributed by atoms with Crippen LogP contribution in [0, 0.1) is 0 Å². The lowest BCUT2D eigenvalue weighted by atomic mass is 9.79. The van der Waals surface area contributed by atoms with Crippen LogP contribution in [0.15, 0.2) is 64.6 Å². The summed E-state index contributed by atoms with van der Waals surface area (Å²) in [6.45, 7) is 0. The summed E-state index contributed by atoms with van der Waals surface area (Å²) in [6, 6.07) is 7.89. The van der Waals surface area contributed by atoms with Crippen molar-refractivity contribution in [1.82, 2.24) is 19.4 Å². The Hall–Kier alpha value is -5.27. The molecule has 41 heavy (non-hydrogen) atoms. The van der Waals surface area contributed by atoms with Crippen molar-refractivity contribution in [3.8, 4) is 11.3 Å². The van der Waals surface area contributed by atoms with Gasteiger partial charge >= 0.3 is 6.18 Å². The number of benzene rings is 1. The van der Waals surface area contributed by atoms with Gasteiger partial charge in [-0.05, 0) is 37.1 Å². The van der Waals surface area contributed by atoms with Gasteiger partial charge in [0.05, 0.1) is 5.56 Å². The summed E-state index contributed by atoms with van der Waals surface area (Å²) in [5, 5.41) is 5.42. The molecule has 208 valence electrons. The van der Waals surface area contributed by atoms with Gasteiger partial charge in [-0.25, -0.2) is 15.0 Å². The second-order valence-electron chi connectivity index (χ2n) is 9.77. The van der Waals surface area contributed by atoms with Crippen LogP contribution in [0.3, 0.4) is 0 Å². The number of hydrogen-bond donors (Lipinski definition) is 4. The molecule has 14 heteroatoms. The van der Waals surface area contributed by atoms with E-state index in [-0.39, 0.29) is 40.5 Å². The molecular weight excluding hydrogens is 541 g/mol. The zero-order valence-corrected chi connectivity index (χ0v) is 21.1. The van der Waals surface area contributed by atoms with Gasteiger partial charge in [-0.2, -0.15) is 13.2 Å². The van der Waals surface area contributed by atoms with E-state index in [0.29, 0.717) is 29.6 Å². The van der Waals surface area contributed by atoms with Crippen molar-refractivity contribution in [2.45, 2.75) is 31.0 Å². The summed E-state index contributed by atoms with van der Waals surface area (Å²) in [5.41, 5.74) is 11.7. The number of halogens is 3. The summed E-state index contributed by atoms with van der Waals surface area (Å²) < 4.78 is 40.8. The number of nitrogen functional groups attached to an aromatic ring is 2. The number of nitrogens with one attached hydrogen (secondary N) is 2. The van der Waals surface area contributed by atoms with Crippen molar-refractivity contribution in [2.75, 3.05) is 22.1 Å². The first kappa shape index (κ1) is 26.0. The van der Waals surface area contributed by atoms with Gasteiger partial charge in [0.2, 0.25) is 0 Å². The van der Waals surface area contributed by atoms with Crippen LogP contribution in [0.5, 0.6) is 0 Å². The quantitative estimate of drug-likeness (QED) is 0.227. The van der Waals surface area contributed by atoms with Crippen LogP contribution in [-0.4, -0.2) is 31.3 Å². The Bertz CT molecular complexity index is 1890. The van der Waals surface area contributed by atoms with E-state index in [1.165, 1.54) is 12.1 Å². The van der Waals surface area contributed by atoms with E-state index >= 15 is 0 Å². The molecule has 1 aliphatic rings. The number of hydrogen-bond acceptors (Lipinski definition) is 9. The highest BCUT2D eigenvalue weighted by molar-refractivity contribution is 6.04. The molecule has 0 bridgehead atoms. The molecule has 0 saturated heterocycles. The lowest BCUT2D eigenvalue weighted by Gasteiger charge is -2.36.